The van der Waals surface area contributed by atoms with Gasteiger partial charge in [-0.3, -0.25) is 19.2 Å². The van der Waals surface area contributed by atoms with Crippen molar-refractivity contribution in [3.63, 3.8) is 0 Å². The summed E-state index contributed by atoms with van der Waals surface area (Å²) >= 11 is 0. The summed E-state index contributed by atoms with van der Waals surface area (Å²) in [5.41, 5.74) is 0.823. The van der Waals surface area contributed by atoms with E-state index in [9.17, 15) is 19.2 Å². The van der Waals surface area contributed by atoms with Gasteiger partial charge in [0.2, 0.25) is 11.7 Å². The highest BCUT2D eigenvalue weighted by molar-refractivity contribution is 6.38. The third-order valence-electron chi connectivity index (χ3n) is 4.22. The van der Waals surface area contributed by atoms with Crippen molar-refractivity contribution in [2.24, 2.45) is 11.8 Å². The summed E-state index contributed by atoms with van der Waals surface area (Å²) in [5, 5.41) is 14.4. The SMILES string of the molecule is Cc1ccc(C(NC(=O)[C@H](CC(=O)O)CC(C)C)C(=O)C(=O)NC(C)(C)C)cc1. The molecule has 160 valence electrons. The number of aliphatic carboxylic acids is 1. The minimum atomic E-state index is -1.19. The molecule has 1 aromatic carbocycles. The zero-order chi connectivity index (χ0) is 22.4. The number of hydrogen-bond donors (Lipinski definition) is 3. The number of carboxylic acid groups (broad SMARTS) is 1. The lowest BCUT2D eigenvalue weighted by Gasteiger charge is -2.25. The third-order valence-corrected chi connectivity index (χ3v) is 4.22. The fourth-order valence-corrected chi connectivity index (χ4v) is 2.92. The number of carboxylic acids is 1. The van der Waals surface area contributed by atoms with Crippen molar-refractivity contribution in [3.8, 4) is 0 Å². The van der Waals surface area contributed by atoms with E-state index < -0.39 is 41.1 Å². The van der Waals surface area contributed by atoms with Gasteiger partial charge in [-0.15, -0.1) is 0 Å². The van der Waals surface area contributed by atoms with Crippen molar-refractivity contribution in [2.75, 3.05) is 0 Å². The predicted molar refractivity (Wildman–Crippen MR) is 110 cm³/mol. The molecule has 2 amide bonds. The van der Waals surface area contributed by atoms with Gasteiger partial charge in [-0.2, -0.15) is 0 Å². The standard InChI is InChI=1S/C22H32N2O5/c1-13(2)11-16(12-17(25)26)20(28)23-18(15-9-7-14(3)8-10-15)19(27)21(29)24-22(4,5)6/h7-10,13,16,18H,11-12H2,1-6H3,(H,23,28)(H,24,29)(H,25,26)/t16-,18?/m0/s1. The number of hydrogen-bond acceptors (Lipinski definition) is 4. The molecule has 1 unspecified atom stereocenters. The number of benzene rings is 1. The van der Waals surface area contributed by atoms with Gasteiger partial charge in [-0.1, -0.05) is 43.7 Å². The Balaban J connectivity index is 3.17. The molecule has 0 radical (unpaired) electrons. The second kappa shape index (κ2) is 10.2. The third kappa shape index (κ3) is 8.46. The summed E-state index contributed by atoms with van der Waals surface area (Å²) in [5.74, 6) is -3.93. The smallest absolute Gasteiger partial charge is 0.304 e. The first-order chi connectivity index (χ1) is 13.3. The van der Waals surface area contributed by atoms with Crippen LogP contribution in [0.3, 0.4) is 0 Å². The van der Waals surface area contributed by atoms with Crippen molar-refractivity contribution >= 4 is 23.6 Å². The van der Waals surface area contributed by atoms with E-state index in [2.05, 4.69) is 10.6 Å². The molecule has 3 N–H and O–H groups in total. The van der Waals surface area contributed by atoms with Gasteiger partial charge in [0.25, 0.3) is 5.91 Å². The van der Waals surface area contributed by atoms with E-state index in [1.807, 2.05) is 20.8 Å². The minimum absolute atomic E-state index is 0.0998. The molecule has 0 saturated carbocycles. The second-order valence-electron chi connectivity index (χ2n) is 8.84. The van der Waals surface area contributed by atoms with E-state index in [0.29, 0.717) is 12.0 Å². The molecule has 0 aliphatic rings. The predicted octanol–water partition coefficient (Wildman–Crippen LogP) is 2.77. The Kier molecular flexibility index (Phi) is 8.55. The fraction of sp³-hybridized carbons (Fsp3) is 0.545. The average molecular weight is 405 g/mol. The van der Waals surface area contributed by atoms with Crippen LogP contribution in [0.15, 0.2) is 24.3 Å². The summed E-state index contributed by atoms with van der Waals surface area (Å²) in [4.78, 5) is 49.3. The number of carbonyl (C=O) groups is 4. The quantitative estimate of drug-likeness (QED) is 0.548. The van der Waals surface area contributed by atoms with Crippen LogP contribution in [-0.4, -0.2) is 34.2 Å². The Hall–Kier alpha value is -2.70. The molecule has 29 heavy (non-hydrogen) atoms. The van der Waals surface area contributed by atoms with Crippen molar-refractivity contribution in [1.29, 1.82) is 0 Å². The molecule has 7 nitrogen and oxygen atoms in total. The molecule has 0 bridgehead atoms. The lowest BCUT2D eigenvalue weighted by molar-refractivity contribution is -0.143. The van der Waals surface area contributed by atoms with Crippen LogP contribution < -0.4 is 10.6 Å². The van der Waals surface area contributed by atoms with Crippen LogP contribution in [0.1, 0.15) is 64.6 Å². The molecule has 0 spiro atoms. The number of aryl methyl sites for hydroxylation is 1. The largest absolute Gasteiger partial charge is 0.481 e. The van der Waals surface area contributed by atoms with Gasteiger partial charge in [0, 0.05) is 11.5 Å². The van der Waals surface area contributed by atoms with Crippen LogP contribution in [0.25, 0.3) is 0 Å². The number of Topliss-reactive ketones (excluding diaryl/α,β-unsaturated/α-hetero) is 1. The summed E-state index contributed by atoms with van der Waals surface area (Å²) in [7, 11) is 0. The van der Waals surface area contributed by atoms with Gasteiger partial charge in [0.05, 0.1) is 6.42 Å². The van der Waals surface area contributed by atoms with Crippen LogP contribution in [0.4, 0.5) is 0 Å². The monoisotopic (exact) mass is 404 g/mol. The van der Waals surface area contributed by atoms with Gasteiger partial charge >= 0.3 is 5.97 Å². The lowest BCUT2D eigenvalue weighted by Crippen LogP contribution is -2.49. The Labute approximate surface area is 172 Å². The van der Waals surface area contributed by atoms with E-state index >= 15 is 0 Å². The normalized spacial score (nSPS) is 13.5. The minimum Gasteiger partial charge on any atom is -0.481 e. The molecule has 0 saturated heterocycles. The van der Waals surface area contributed by atoms with Crippen molar-refractivity contribution in [3.05, 3.63) is 35.4 Å². The highest BCUT2D eigenvalue weighted by atomic mass is 16.4. The molecular formula is C22H32N2O5. The first-order valence-electron chi connectivity index (χ1n) is 9.75. The maximum absolute atomic E-state index is 12.9. The Bertz CT molecular complexity index is 747. The molecule has 1 aromatic rings. The molecular weight excluding hydrogens is 372 g/mol. The number of ketones is 1. The first-order valence-corrected chi connectivity index (χ1v) is 9.75. The summed E-state index contributed by atoms with van der Waals surface area (Å²) < 4.78 is 0. The van der Waals surface area contributed by atoms with Crippen LogP contribution in [0.2, 0.25) is 0 Å². The van der Waals surface area contributed by atoms with Crippen molar-refractivity contribution in [1.82, 2.24) is 10.6 Å². The Morgan fingerprint density at radius 3 is 2.03 bits per heavy atom. The topological polar surface area (TPSA) is 113 Å². The van der Waals surface area contributed by atoms with Gasteiger partial charge in [0.15, 0.2) is 0 Å². The molecule has 0 fully saturated rings. The highest BCUT2D eigenvalue weighted by Gasteiger charge is 2.33. The molecule has 2 atom stereocenters. The number of amides is 2. The van der Waals surface area contributed by atoms with Crippen molar-refractivity contribution in [2.45, 2.75) is 66.0 Å². The molecule has 0 aliphatic carbocycles. The van der Waals surface area contributed by atoms with E-state index in [1.54, 1.807) is 45.0 Å². The molecule has 1 rings (SSSR count). The fourth-order valence-electron chi connectivity index (χ4n) is 2.92. The van der Waals surface area contributed by atoms with E-state index in [-0.39, 0.29) is 12.3 Å². The van der Waals surface area contributed by atoms with Crippen LogP contribution in [-0.2, 0) is 19.2 Å². The molecule has 0 heterocycles. The van der Waals surface area contributed by atoms with Crippen LogP contribution in [0.5, 0.6) is 0 Å². The van der Waals surface area contributed by atoms with Crippen LogP contribution in [0, 0.1) is 18.8 Å². The number of carbonyl (C=O) groups excluding carboxylic acids is 3. The molecule has 7 heteroatoms. The summed E-state index contributed by atoms with van der Waals surface area (Å²) in [6.45, 7) is 10.9. The molecule has 0 aromatic heterocycles. The van der Waals surface area contributed by atoms with Crippen LogP contribution >= 0.6 is 0 Å². The van der Waals surface area contributed by atoms with Crippen molar-refractivity contribution < 1.29 is 24.3 Å². The maximum atomic E-state index is 12.9. The number of rotatable bonds is 9. The highest BCUT2D eigenvalue weighted by Crippen LogP contribution is 2.20. The first kappa shape index (κ1) is 24.3. The Morgan fingerprint density at radius 1 is 1.03 bits per heavy atom. The summed E-state index contributed by atoms with van der Waals surface area (Å²) in [6.07, 6.45) is 0.0220. The van der Waals surface area contributed by atoms with Gasteiger partial charge in [-0.05, 0) is 45.6 Å². The van der Waals surface area contributed by atoms with E-state index in [1.165, 1.54) is 0 Å². The van der Waals surface area contributed by atoms with Gasteiger partial charge in [-0.25, -0.2) is 0 Å². The second-order valence-corrected chi connectivity index (χ2v) is 8.84. The van der Waals surface area contributed by atoms with Gasteiger partial charge in [0.1, 0.15) is 6.04 Å². The Morgan fingerprint density at radius 2 is 1.59 bits per heavy atom. The van der Waals surface area contributed by atoms with E-state index in [0.717, 1.165) is 5.56 Å². The zero-order valence-corrected chi connectivity index (χ0v) is 18.0. The molecule has 0 aliphatic heterocycles. The number of nitrogens with one attached hydrogen (secondary N) is 2. The lowest BCUT2D eigenvalue weighted by atomic mass is 9.92. The summed E-state index contributed by atoms with van der Waals surface area (Å²) in [6, 6.07) is 5.74. The van der Waals surface area contributed by atoms with Gasteiger partial charge < -0.3 is 15.7 Å². The zero-order valence-electron chi connectivity index (χ0n) is 18.0. The average Bonchev–Trinajstić information content (AvgIpc) is 2.57. The maximum Gasteiger partial charge on any atom is 0.304 e. The van der Waals surface area contributed by atoms with E-state index in [4.69, 9.17) is 5.11 Å².